The highest BCUT2D eigenvalue weighted by Gasteiger charge is 2.41. The normalized spacial score (nSPS) is 21.2. The molecule has 1 saturated heterocycles. The van der Waals surface area contributed by atoms with E-state index in [0.29, 0.717) is 5.56 Å². The van der Waals surface area contributed by atoms with Gasteiger partial charge in [-0.3, -0.25) is 13.8 Å². The number of aryl methyl sites for hydroxylation is 3. The van der Waals surface area contributed by atoms with Crippen LogP contribution in [-0.4, -0.2) is 27.8 Å². The van der Waals surface area contributed by atoms with Gasteiger partial charge in [0.25, 0.3) is 0 Å². The fraction of sp³-hybridized carbons (Fsp3) is 0.417. The summed E-state index contributed by atoms with van der Waals surface area (Å²) in [7, 11) is -1.60. The zero-order valence-corrected chi connectivity index (χ0v) is 19.1. The van der Waals surface area contributed by atoms with Crippen molar-refractivity contribution < 1.29 is 31.7 Å². The van der Waals surface area contributed by atoms with E-state index in [4.69, 9.17) is 4.74 Å². The van der Waals surface area contributed by atoms with Gasteiger partial charge in [0.2, 0.25) is 0 Å². The van der Waals surface area contributed by atoms with Crippen LogP contribution in [0.2, 0.25) is 0 Å². The highest BCUT2D eigenvalue weighted by Crippen LogP contribution is 2.34. The summed E-state index contributed by atoms with van der Waals surface area (Å²) in [4.78, 5) is 25.9. The minimum Gasteiger partial charge on any atom is -0.461 e. The Morgan fingerprint density at radius 2 is 1.62 bits per heavy atom. The molecule has 8 heteroatoms. The van der Waals surface area contributed by atoms with E-state index >= 15 is 0 Å². The summed E-state index contributed by atoms with van der Waals surface area (Å²) in [5.41, 5.74) is 2.61. The van der Waals surface area contributed by atoms with Crippen molar-refractivity contribution in [2.75, 3.05) is 5.75 Å². The fourth-order valence-corrected chi connectivity index (χ4v) is 5.51. The van der Waals surface area contributed by atoms with Crippen LogP contribution in [0.4, 0.5) is 13.2 Å². The van der Waals surface area contributed by atoms with Crippen molar-refractivity contribution in [3.63, 3.8) is 0 Å². The minimum absolute atomic E-state index is 0.00847. The molecular formula is C24H25F3O4S. The molecule has 1 aliphatic heterocycles. The van der Waals surface area contributed by atoms with Gasteiger partial charge in [0.15, 0.2) is 5.78 Å². The lowest BCUT2D eigenvalue weighted by molar-refractivity contribution is -0.162. The molecule has 1 aliphatic rings. The first-order chi connectivity index (χ1) is 14.9. The molecule has 2 aromatic carbocycles. The third kappa shape index (κ3) is 5.11. The van der Waals surface area contributed by atoms with Crippen molar-refractivity contribution in [2.24, 2.45) is 5.92 Å². The molecule has 0 spiro atoms. The third-order valence-electron chi connectivity index (χ3n) is 5.75. The summed E-state index contributed by atoms with van der Waals surface area (Å²) in [5, 5.41) is 0. The molecule has 1 fully saturated rings. The van der Waals surface area contributed by atoms with Crippen LogP contribution < -0.4 is 0 Å². The Morgan fingerprint density at radius 1 is 1.06 bits per heavy atom. The summed E-state index contributed by atoms with van der Waals surface area (Å²) in [6, 6.07) is 7.98. The van der Waals surface area contributed by atoms with Gasteiger partial charge in [-0.1, -0.05) is 24.6 Å². The van der Waals surface area contributed by atoms with Crippen molar-refractivity contribution in [3.8, 4) is 0 Å². The van der Waals surface area contributed by atoms with E-state index in [2.05, 4.69) is 0 Å². The smallest absolute Gasteiger partial charge is 0.416 e. The summed E-state index contributed by atoms with van der Waals surface area (Å²) < 4.78 is 56.4. The van der Waals surface area contributed by atoms with Crippen LogP contribution in [-0.2, 0) is 31.3 Å². The summed E-state index contributed by atoms with van der Waals surface area (Å²) in [5.74, 6) is -2.18. The number of halogens is 3. The zero-order chi connectivity index (χ0) is 23.8. The number of ketones is 1. The molecule has 0 aromatic heterocycles. The lowest BCUT2D eigenvalue weighted by atomic mass is 9.82. The van der Waals surface area contributed by atoms with Gasteiger partial charge in [-0.2, -0.15) is 13.2 Å². The molecule has 0 bridgehead atoms. The second-order valence-corrected chi connectivity index (χ2v) is 9.90. The largest absolute Gasteiger partial charge is 0.461 e. The fourth-order valence-electron chi connectivity index (χ4n) is 4.19. The number of benzene rings is 2. The molecule has 3 rings (SSSR count). The number of ether oxygens (including phenoxy) is 1. The van der Waals surface area contributed by atoms with Crippen LogP contribution in [0.3, 0.4) is 0 Å². The van der Waals surface area contributed by atoms with E-state index in [9.17, 15) is 27.0 Å². The number of hydrogen-bond acceptors (Lipinski definition) is 4. The summed E-state index contributed by atoms with van der Waals surface area (Å²) in [6.07, 6.45) is -5.18. The predicted octanol–water partition coefficient (Wildman–Crippen LogP) is 5.04. The van der Waals surface area contributed by atoms with E-state index in [1.54, 1.807) is 6.92 Å². The van der Waals surface area contributed by atoms with Crippen molar-refractivity contribution in [3.05, 3.63) is 64.2 Å². The van der Waals surface area contributed by atoms with Crippen molar-refractivity contribution in [1.29, 1.82) is 0 Å². The minimum atomic E-state index is -4.46. The molecule has 1 heterocycles. The number of Topliss-reactive ketones (excluding diaryl/α,β-unsaturated/α-hetero) is 1. The lowest BCUT2D eigenvalue weighted by Crippen LogP contribution is -2.41. The topological polar surface area (TPSA) is 60.4 Å². The summed E-state index contributed by atoms with van der Waals surface area (Å²) >= 11 is 0. The first-order valence-electron chi connectivity index (χ1n) is 10.2. The number of esters is 1. The molecule has 172 valence electrons. The number of carbonyl (C=O) groups excluding carboxylic acids is 2. The van der Waals surface area contributed by atoms with E-state index in [-0.39, 0.29) is 22.9 Å². The maximum atomic E-state index is 12.9. The molecular weight excluding hydrogens is 441 g/mol. The zero-order valence-electron chi connectivity index (χ0n) is 18.3. The van der Waals surface area contributed by atoms with Gasteiger partial charge in [0.05, 0.1) is 16.4 Å². The molecule has 4 nitrogen and oxygen atoms in total. The Morgan fingerprint density at radius 3 is 2.12 bits per heavy atom. The first kappa shape index (κ1) is 24.2. The highest BCUT2D eigenvalue weighted by molar-refractivity contribution is 7.85. The maximum absolute atomic E-state index is 12.9. The Kier molecular flexibility index (Phi) is 6.93. The Hall–Kier alpha value is -2.48. The van der Waals surface area contributed by atoms with Crippen LogP contribution in [0, 0.1) is 26.7 Å². The van der Waals surface area contributed by atoms with Crippen LogP contribution in [0.15, 0.2) is 41.3 Å². The van der Waals surface area contributed by atoms with Gasteiger partial charge < -0.3 is 4.74 Å². The number of cyclic esters (lactones) is 1. The highest BCUT2D eigenvalue weighted by atomic mass is 32.2. The molecule has 0 N–H and O–H groups in total. The van der Waals surface area contributed by atoms with Crippen LogP contribution in [0.5, 0.6) is 0 Å². The molecule has 0 radical (unpaired) electrons. The quantitative estimate of drug-likeness (QED) is 0.457. The predicted molar refractivity (Wildman–Crippen MR) is 115 cm³/mol. The van der Waals surface area contributed by atoms with Crippen LogP contribution in [0.25, 0.3) is 0 Å². The average Bonchev–Trinajstić information content (AvgIpc) is 2.68. The Balaban J connectivity index is 1.70. The van der Waals surface area contributed by atoms with Crippen molar-refractivity contribution in [1.82, 2.24) is 0 Å². The standard InChI is InChI=1S/C24H25F3O4S/c1-13-9-14(2)21(15(3)10-13)22-19(28)11-20(31-23(22)29)16(4)12-32(30)18-7-5-17(6-8-18)24(25,26)27/h5-10,16,20,22H,11-12H2,1-4H3. The Labute approximate surface area is 187 Å². The van der Waals surface area contributed by atoms with Gasteiger partial charge in [0, 0.05) is 23.0 Å². The van der Waals surface area contributed by atoms with E-state index in [1.807, 2.05) is 32.9 Å². The molecule has 32 heavy (non-hydrogen) atoms. The van der Waals surface area contributed by atoms with Gasteiger partial charge >= 0.3 is 12.1 Å². The van der Waals surface area contributed by atoms with Crippen LogP contribution in [0.1, 0.15) is 47.1 Å². The van der Waals surface area contributed by atoms with Crippen LogP contribution >= 0.6 is 0 Å². The second kappa shape index (κ2) is 9.17. The molecule has 0 amide bonds. The van der Waals surface area contributed by atoms with E-state index in [0.717, 1.165) is 28.8 Å². The van der Waals surface area contributed by atoms with E-state index in [1.165, 1.54) is 12.1 Å². The monoisotopic (exact) mass is 466 g/mol. The number of alkyl halides is 3. The number of rotatable bonds is 5. The van der Waals surface area contributed by atoms with Gasteiger partial charge in [-0.25, -0.2) is 0 Å². The molecule has 0 aliphatic carbocycles. The Bertz CT molecular complexity index is 1020. The van der Waals surface area contributed by atoms with Gasteiger partial charge in [-0.05, 0) is 61.7 Å². The summed E-state index contributed by atoms with van der Waals surface area (Å²) in [6.45, 7) is 7.38. The second-order valence-electron chi connectivity index (χ2n) is 8.40. The average molecular weight is 467 g/mol. The van der Waals surface area contributed by atoms with E-state index < -0.39 is 46.4 Å². The number of hydrogen-bond donors (Lipinski definition) is 0. The molecule has 2 aromatic rings. The molecule has 4 atom stereocenters. The number of carbonyl (C=O) groups is 2. The van der Waals surface area contributed by atoms with Crippen molar-refractivity contribution >= 4 is 22.6 Å². The third-order valence-corrected chi connectivity index (χ3v) is 7.37. The first-order valence-corrected chi connectivity index (χ1v) is 11.6. The molecule has 0 saturated carbocycles. The van der Waals surface area contributed by atoms with Gasteiger partial charge in [-0.15, -0.1) is 0 Å². The lowest BCUT2D eigenvalue weighted by Gasteiger charge is -2.32. The SMILES string of the molecule is Cc1cc(C)c(C2C(=O)CC(C(C)CS(=O)c3ccc(C(F)(F)F)cc3)OC2=O)c(C)c1. The van der Waals surface area contributed by atoms with Gasteiger partial charge in [0.1, 0.15) is 12.0 Å². The van der Waals surface area contributed by atoms with Crippen molar-refractivity contribution in [2.45, 2.75) is 57.2 Å². The molecule has 4 unspecified atom stereocenters. The maximum Gasteiger partial charge on any atom is 0.416 e.